The number of benzene rings is 8. The molecule has 242 valence electrons. The summed E-state index contributed by atoms with van der Waals surface area (Å²) in [4.78, 5) is 0. The van der Waals surface area contributed by atoms with Gasteiger partial charge in [-0.25, -0.2) is 0 Å². The van der Waals surface area contributed by atoms with Crippen LogP contribution < -0.4 is 0 Å². The van der Waals surface area contributed by atoms with E-state index in [9.17, 15) is 0 Å². The van der Waals surface area contributed by atoms with Crippen LogP contribution in [0.4, 0.5) is 0 Å². The van der Waals surface area contributed by atoms with Gasteiger partial charge in [-0.15, -0.1) is 11.3 Å². The van der Waals surface area contributed by atoms with E-state index >= 15 is 0 Å². The predicted molar refractivity (Wildman–Crippen MR) is 221 cm³/mol. The Morgan fingerprint density at radius 3 is 1.73 bits per heavy atom. The maximum absolute atomic E-state index is 6.79. The van der Waals surface area contributed by atoms with Gasteiger partial charge in [-0.1, -0.05) is 121 Å². The Kier molecular flexibility index (Phi) is 5.65. The van der Waals surface area contributed by atoms with E-state index in [1.54, 1.807) is 0 Å². The fourth-order valence-electron chi connectivity index (χ4n) is 8.71. The van der Waals surface area contributed by atoms with Gasteiger partial charge in [-0.05, 0) is 48.5 Å². The number of para-hydroxylation sites is 4. The quantitative estimate of drug-likeness (QED) is 0.182. The van der Waals surface area contributed by atoms with Crippen LogP contribution in [0, 0.1) is 0 Å². The van der Waals surface area contributed by atoms with E-state index in [1.807, 2.05) is 11.3 Å². The number of nitrogens with zero attached hydrogens (tertiary/aromatic N) is 2. The van der Waals surface area contributed by atoms with Crippen LogP contribution in [0.25, 0.3) is 108 Å². The van der Waals surface area contributed by atoms with Crippen LogP contribution in [0.2, 0.25) is 0 Å². The van der Waals surface area contributed by atoms with E-state index in [2.05, 4.69) is 179 Å². The highest BCUT2D eigenvalue weighted by molar-refractivity contribution is 7.26. The van der Waals surface area contributed by atoms with Gasteiger partial charge in [-0.3, -0.25) is 0 Å². The van der Waals surface area contributed by atoms with Gasteiger partial charge in [0.05, 0.1) is 22.1 Å². The van der Waals surface area contributed by atoms with Crippen molar-refractivity contribution in [1.29, 1.82) is 0 Å². The first-order chi connectivity index (χ1) is 25.8. The zero-order chi connectivity index (χ0) is 33.9. The third kappa shape index (κ3) is 3.74. The summed E-state index contributed by atoms with van der Waals surface area (Å²) in [5, 5.41) is 9.79. The molecule has 0 fully saturated rings. The minimum absolute atomic E-state index is 0.888. The molecule has 0 saturated heterocycles. The fraction of sp³-hybridized carbons (Fsp3) is 0. The van der Waals surface area contributed by atoms with Crippen LogP contribution >= 0.6 is 11.3 Å². The first-order valence-electron chi connectivity index (χ1n) is 17.7. The molecule has 12 aromatic rings. The van der Waals surface area contributed by atoms with Gasteiger partial charge in [0, 0.05) is 75.0 Å². The zero-order valence-corrected chi connectivity index (χ0v) is 28.7. The van der Waals surface area contributed by atoms with E-state index in [4.69, 9.17) is 4.42 Å². The molecule has 8 aromatic carbocycles. The standard InChI is InChI=1S/C48H28N2OS/c1-2-12-29(13-3-1)49-41-21-7-4-14-31(41)34-25-26-35-32-15-5-8-22-42(32)50(46(35)45(34)49)30-24-27-43-40(28-30)37-18-10-17-36(47(37)51-43)39-20-11-19-38-33-16-6-9-23-44(33)52-48(38)39/h1-28H. The van der Waals surface area contributed by atoms with Crippen LogP contribution in [0.1, 0.15) is 0 Å². The molecule has 0 N–H and O–H groups in total. The molecule has 4 heteroatoms. The van der Waals surface area contributed by atoms with Gasteiger partial charge >= 0.3 is 0 Å². The number of rotatable bonds is 3. The highest BCUT2D eigenvalue weighted by Crippen LogP contribution is 2.45. The number of hydrogen-bond acceptors (Lipinski definition) is 2. The van der Waals surface area contributed by atoms with Crippen LogP contribution in [-0.4, -0.2) is 9.13 Å². The van der Waals surface area contributed by atoms with Gasteiger partial charge < -0.3 is 13.6 Å². The lowest BCUT2D eigenvalue weighted by molar-refractivity contribution is 0.670. The van der Waals surface area contributed by atoms with Crippen molar-refractivity contribution in [2.45, 2.75) is 0 Å². The normalized spacial score (nSPS) is 12.2. The number of hydrogen-bond donors (Lipinski definition) is 0. The lowest BCUT2D eigenvalue weighted by Crippen LogP contribution is -1.98. The molecule has 0 radical (unpaired) electrons. The van der Waals surface area contributed by atoms with Gasteiger partial charge in [0.1, 0.15) is 11.2 Å². The molecule has 0 aliphatic heterocycles. The first kappa shape index (κ1) is 28.1. The molecule has 4 aromatic heterocycles. The van der Waals surface area contributed by atoms with Crippen molar-refractivity contribution in [3.05, 3.63) is 170 Å². The molecule has 0 aliphatic carbocycles. The maximum Gasteiger partial charge on any atom is 0.143 e. The SMILES string of the molecule is c1ccc(-n2c3ccccc3c3ccc4c5ccccc5n(-c5ccc6oc7c(-c8cccc9c8sc8ccccc89)cccc7c6c5)c4c32)cc1. The Balaban J connectivity index is 1.16. The Bertz CT molecular complexity index is 3410. The van der Waals surface area contributed by atoms with Gasteiger partial charge in [0.15, 0.2) is 0 Å². The average Bonchev–Trinajstić information content (AvgIpc) is 3.95. The lowest BCUT2D eigenvalue weighted by atomic mass is 10.00. The Morgan fingerprint density at radius 1 is 0.385 bits per heavy atom. The van der Waals surface area contributed by atoms with Gasteiger partial charge in [-0.2, -0.15) is 0 Å². The van der Waals surface area contributed by atoms with Gasteiger partial charge in [0.25, 0.3) is 0 Å². The minimum atomic E-state index is 0.888. The first-order valence-corrected chi connectivity index (χ1v) is 18.5. The molecule has 52 heavy (non-hydrogen) atoms. The Labute approximate surface area is 301 Å². The summed E-state index contributed by atoms with van der Waals surface area (Å²) in [6.45, 7) is 0. The van der Waals surface area contributed by atoms with Crippen molar-refractivity contribution >= 4 is 97.1 Å². The number of aromatic nitrogens is 2. The van der Waals surface area contributed by atoms with Crippen LogP contribution in [0.5, 0.6) is 0 Å². The van der Waals surface area contributed by atoms with Gasteiger partial charge in [0.2, 0.25) is 0 Å². The molecule has 0 atom stereocenters. The summed E-state index contributed by atoms with van der Waals surface area (Å²) in [6, 6.07) is 61.6. The lowest BCUT2D eigenvalue weighted by Gasteiger charge is -2.12. The fourth-order valence-corrected chi connectivity index (χ4v) is 9.94. The highest BCUT2D eigenvalue weighted by Gasteiger charge is 2.22. The summed E-state index contributed by atoms with van der Waals surface area (Å²) in [5.41, 5.74) is 11.2. The average molecular weight is 681 g/mol. The topological polar surface area (TPSA) is 23.0 Å². The number of furan rings is 1. The summed E-state index contributed by atoms with van der Waals surface area (Å²) < 4.78 is 14.3. The molecular formula is C48H28N2OS. The van der Waals surface area contributed by atoms with Crippen molar-refractivity contribution in [1.82, 2.24) is 9.13 Å². The molecule has 0 spiro atoms. The minimum Gasteiger partial charge on any atom is -0.455 e. The number of fused-ring (bicyclic) bond motifs is 13. The van der Waals surface area contributed by atoms with E-state index < -0.39 is 0 Å². The third-order valence-corrected chi connectivity index (χ3v) is 12.1. The molecule has 12 rings (SSSR count). The molecule has 0 bridgehead atoms. The summed E-state index contributed by atoms with van der Waals surface area (Å²) in [7, 11) is 0. The number of thiophene rings is 1. The van der Waals surface area contributed by atoms with Crippen molar-refractivity contribution in [2.24, 2.45) is 0 Å². The summed E-state index contributed by atoms with van der Waals surface area (Å²) >= 11 is 1.86. The molecule has 0 saturated carbocycles. The van der Waals surface area contributed by atoms with Crippen molar-refractivity contribution < 1.29 is 4.42 Å². The smallest absolute Gasteiger partial charge is 0.143 e. The molecule has 3 nitrogen and oxygen atoms in total. The molecular weight excluding hydrogens is 653 g/mol. The second kappa shape index (κ2) is 10.5. The Morgan fingerprint density at radius 2 is 0.981 bits per heavy atom. The monoisotopic (exact) mass is 680 g/mol. The van der Waals surface area contributed by atoms with E-state index in [0.717, 1.165) is 38.9 Å². The third-order valence-electron chi connectivity index (χ3n) is 10.9. The Hall–Kier alpha value is -6.62. The van der Waals surface area contributed by atoms with Crippen LogP contribution in [0.15, 0.2) is 174 Å². The predicted octanol–water partition coefficient (Wildman–Crippen LogP) is 13.8. The van der Waals surface area contributed by atoms with E-state index in [0.29, 0.717) is 0 Å². The molecule has 0 aliphatic rings. The highest BCUT2D eigenvalue weighted by atomic mass is 32.1. The molecule has 4 heterocycles. The van der Waals surface area contributed by atoms with Crippen LogP contribution in [-0.2, 0) is 0 Å². The summed E-state index contributed by atoms with van der Waals surface area (Å²) in [5.74, 6) is 0. The molecule has 0 unspecified atom stereocenters. The largest absolute Gasteiger partial charge is 0.455 e. The van der Waals surface area contributed by atoms with E-state index in [-0.39, 0.29) is 0 Å². The van der Waals surface area contributed by atoms with Crippen LogP contribution in [0.3, 0.4) is 0 Å². The second-order valence-electron chi connectivity index (χ2n) is 13.6. The van der Waals surface area contributed by atoms with Crippen molar-refractivity contribution in [3.8, 4) is 22.5 Å². The van der Waals surface area contributed by atoms with Crippen molar-refractivity contribution in [3.63, 3.8) is 0 Å². The molecule has 0 amide bonds. The van der Waals surface area contributed by atoms with E-state index in [1.165, 1.54) is 69.3 Å². The summed E-state index contributed by atoms with van der Waals surface area (Å²) in [6.07, 6.45) is 0. The second-order valence-corrected chi connectivity index (χ2v) is 14.7. The van der Waals surface area contributed by atoms with Crippen molar-refractivity contribution in [2.75, 3.05) is 0 Å². The maximum atomic E-state index is 6.79. The zero-order valence-electron chi connectivity index (χ0n) is 27.9.